The molecule has 1 aliphatic heterocycles. The summed E-state index contributed by atoms with van der Waals surface area (Å²) >= 11 is 0. The SMILES string of the molecule is Cc1ccc(F)cc1N1CCC(N)CC1C. The van der Waals surface area contributed by atoms with E-state index in [9.17, 15) is 4.39 Å². The highest BCUT2D eigenvalue weighted by Crippen LogP contribution is 2.27. The van der Waals surface area contributed by atoms with Gasteiger partial charge in [0.15, 0.2) is 0 Å². The summed E-state index contributed by atoms with van der Waals surface area (Å²) in [6, 6.07) is 5.66. The lowest BCUT2D eigenvalue weighted by molar-refractivity contribution is 0.429. The van der Waals surface area contributed by atoms with Gasteiger partial charge in [-0.1, -0.05) is 6.07 Å². The average Bonchev–Trinajstić information content (AvgIpc) is 2.22. The molecule has 0 radical (unpaired) electrons. The van der Waals surface area contributed by atoms with Crippen LogP contribution in [-0.4, -0.2) is 18.6 Å². The molecule has 2 unspecified atom stereocenters. The summed E-state index contributed by atoms with van der Waals surface area (Å²) in [5.41, 5.74) is 8.07. The maximum atomic E-state index is 13.3. The number of nitrogens with zero attached hydrogens (tertiary/aromatic N) is 1. The van der Waals surface area contributed by atoms with Crippen molar-refractivity contribution >= 4 is 5.69 Å². The van der Waals surface area contributed by atoms with Crippen molar-refractivity contribution in [1.82, 2.24) is 0 Å². The van der Waals surface area contributed by atoms with Crippen LogP contribution in [0.4, 0.5) is 10.1 Å². The third-order valence-corrected chi connectivity index (χ3v) is 3.40. The fraction of sp³-hybridized carbons (Fsp3) is 0.538. The largest absolute Gasteiger partial charge is 0.368 e. The van der Waals surface area contributed by atoms with Crippen molar-refractivity contribution in [3.05, 3.63) is 29.6 Å². The molecule has 2 nitrogen and oxygen atoms in total. The molecule has 2 rings (SSSR count). The molecule has 1 aromatic carbocycles. The van der Waals surface area contributed by atoms with Crippen molar-refractivity contribution in [3.63, 3.8) is 0 Å². The minimum atomic E-state index is -0.164. The third-order valence-electron chi connectivity index (χ3n) is 3.40. The van der Waals surface area contributed by atoms with Crippen molar-refractivity contribution in [2.24, 2.45) is 5.73 Å². The van der Waals surface area contributed by atoms with Crippen molar-refractivity contribution < 1.29 is 4.39 Å². The Morgan fingerprint density at radius 1 is 1.44 bits per heavy atom. The monoisotopic (exact) mass is 222 g/mol. The molecule has 0 spiro atoms. The Morgan fingerprint density at radius 2 is 2.19 bits per heavy atom. The standard InChI is InChI=1S/C13H19FN2/c1-9-3-4-11(14)8-13(9)16-6-5-12(15)7-10(16)2/h3-4,8,10,12H,5-7,15H2,1-2H3. The number of halogens is 1. The first-order valence-electron chi connectivity index (χ1n) is 5.86. The molecule has 0 saturated carbocycles. The van der Waals surface area contributed by atoms with E-state index in [0.717, 1.165) is 30.6 Å². The summed E-state index contributed by atoms with van der Waals surface area (Å²) in [6.45, 7) is 5.10. The number of rotatable bonds is 1. The predicted octanol–water partition coefficient (Wildman–Crippen LogP) is 2.45. The number of hydrogen-bond acceptors (Lipinski definition) is 2. The van der Waals surface area contributed by atoms with Gasteiger partial charge in [0, 0.05) is 24.3 Å². The zero-order chi connectivity index (χ0) is 11.7. The first kappa shape index (κ1) is 11.4. The molecule has 2 N–H and O–H groups in total. The molecule has 88 valence electrons. The van der Waals surface area contributed by atoms with Crippen LogP contribution in [0.15, 0.2) is 18.2 Å². The minimum absolute atomic E-state index is 0.164. The van der Waals surface area contributed by atoms with Crippen LogP contribution in [0.3, 0.4) is 0 Å². The minimum Gasteiger partial charge on any atom is -0.368 e. The zero-order valence-corrected chi connectivity index (χ0v) is 9.91. The maximum Gasteiger partial charge on any atom is 0.125 e. The third kappa shape index (κ3) is 2.19. The Morgan fingerprint density at radius 3 is 2.88 bits per heavy atom. The van der Waals surface area contributed by atoms with Crippen LogP contribution in [0, 0.1) is 12.7 Å². The van der Waals surface area contributed by atoms with E-state index in [1.165, 1.54) is 6.07 Å². The van der Waals surface area contributed by atoms with E-state index in [1.807, 2.05) is 13.0 Å². The molecule has 1 heterocycles. The summed E-state index contributed by atoms with van der Waals surface area (Å²) in [6.07, 6.45) is 1.97. The number of anilines is 1. The van der Waals surface area contributed by atoms with Crippen molar-refractivity contribution in [2.45, 2.75) is 38.8 Å². The van der Waals surface area contributed by atoms with Gasteiger partial charge in [-0.05, 0) is 44.4 Å². The number of hydrogen-bond donors (Lipinski definition) is 1. The highest BCUT2D eigenvalue weighted by atomic mass is 19.1. The Kier molecular flexibility index (Phi) is 3.15. The van der Waals surface area contributed by atoms with Crippen molar-refractivity contribution in [1.29, 1.82) is 0 Å². The lowest BCUT2D eigenvalue weighted by Gasteiger charge is -2.39. The van der Waals surface area contributed by atoms with Crippen LogP contribution in [0.25, 0.3) is 0 Å². The second-order valence-electron chi connectivity index (χ2n) is 4.76. The average molecular weight is 222 g/mol. The molecule has 0 aromatic heterocycles. The first-order chi connectivity index (χ1) is 7.58. The highest BCUT2D eigenvalue weighted by Gasteiger charge is 2.24. The Bertz CT molecular complexity index is 378. The van der Waals surface area contributed by atoms with Gasteiger partial charge in [-0.25, -0.2) is 4.39 Å². The van der Waals surface area contributed by atoms with Crippen LogP contribution in [0.2, 0.25) is 0 Å². The number of aryl methyl sites for hydroxylation is 1. The molecule has 3 heteroatoms. The molecule has 1 fully saturated rings. The Balaban J connectivity index is 2.26. The zero-order valence-electron chi connectivity index (χ0n) is 9.91. The Hall–Kier alpha value is -1.09. The van der Waals surface area contributed by atoms with Gasteiger partial charge in [0.2, 0.25) is 0 Å². The Labute approximate surface area is 96.2 Å². The van der Waals surface area contributed by atoms with Crippen LogP contribution >= 0.6 is 0 Å². The summed E-state index contributed by atoms with van der Waals surface area (Å²) in [5.74, 6) is -0.164. The second kappa shape index (κ2) is 4.42. The van der Waals surface area contributed by atoms with E-state index in [0.29, 0.717) is 12.1 Å². The van der Waals surface area contributed by atoms with E-state index in [4.69, 9.17) is 5.73 Å². The van der Waals surface area contributed by atoms with Crippen LogP contribution < -0.4 is 10.6 Å². The van der Waals surface area contributed by atoms with Crippen LogP contribution in [-0.2, 0) is 0 Å². The summed E-state index contributed by atoms with van der Waals surface area (Å²) in [5, 5.41) is 0. The highest BCUT2D eigenvalue weighted by molar-refractivity contribution is 5.54. The van der Waals surface area contributed by atoms with E-state index in [2.05, 4.69) is 11.8 Å². The summed E-state index contributed by atoms with van der Waals surface area (Å²) < 4.78 is 13.3. The van der Waals surface area contributed by atoms with Gasteiger partial charge in [-0.15, -0.1) is 0 Å². The van der Waals surface area contributed by atoms with E-state index in [-0.39, 0.29) is 5.82 Å². The van der Waals surface area contributed by atoms with Crippen LogP contribution in [0.5, 0.6) is 0 Å². The van der Waals surface area contributed by atoms with E-state index >= 15 is 0 Å². The predicted molar refractivity (Wildman–Crippen MR) is 65.2 cm³/mol. The number of piperidine rings is 1. The molecule has 0 bridgehead atoms. The van der Waals surface area contributed by atoms with Gasteiger partial charge in [-0.3, -0.25) is 0 Å². The van der Waals surface area contributed by atoms with E-state index in [1.54, 1.807) is 6.07 Å². The van der Waals surface area contributed by atoms with Gasteiger partial charge in [0.25, 0.3) is 0 Å². The quantitative estimate of drug-likeness (QED) is 0.791. The summed E-state index contributed by atoms with van der Waals surface area (Å²) in [7, 11) is 0. The topological polar surface area (TPSA) is 29.3 Å². The number of benzene rings is 1. The molecular formula is C13H19FN2. The smallest absolute Gasteiger partial charge is 0.125 e. The number of nitrogens with two attached hydrogens (primary N) is 1. The fourth-order valence-electron chi connectivity index (χ4n) is 2.46. The van der Waals surface area contributed by atoms with Gasteiger partial charge in [0.1, 0.15) is 5.82 Å². The molecule has 1 saturated heterocycles. The maximum absolute atomic E-state index is 13.3. The molecule has 0 aliphatic carbocycles. The second-order valence-corrected chi connectivity index (χ2v) is 4.76. The van der Waals surface area contributed by atoms with Crippen LogP contribution in [0.1, 0.15) is 25.3 Å². The lowest BCUT2D eigenvalue weighted by Crippen LogP contribution is -2.45. The molecule has 0 amide bonds. The lowest BCUT2D eigenvalue weighted by atomic mass is 9.97. The van der Waals surface area contributed by atoms with Gasteiger partial charge >= 0.3 is 0 Å². The van der Waals surface area contributed by atoms with Crippen molar-refractivity contribution in [2.75, 3.05) is 11.4 Å². The molecule has 16 heavy (non-hydrogen) atoms. The van der Waals surface area contributed by atoms with Crippen molar-refractivity contribution in [3.8, 4) is 0 Å². The van der Waals surface area contributed by atoms with E-state index < -0.39 is 0 Å². The fourth-order valence-corrected chi connectivity index (χ4v) is 2.46. The molecule has 2 atom stereocenters. The van der Waals surface area contributed by atoms with Gasteiger partial charge in [-0.2, -0.15) is 0 Å². The molecular weight excluding hydrogens is 203 g/mol. The molecule has 1 aromatic rings. The van der Waals surface area contributed by atoms with Gasteiger partial charge in [0.05, 0.1) is 0 Å². The first-order valence-corrected chi connectivity index (χ1v) is 5.86. The summed E-state index contributed by atoms with van der Waals surface area (Å²) in [4.78, 5) is 2.27. The normalized spacial score (nSPS) is 25.9. The van der Waals surface area contributed by atoms with Gasteiger partial charge < -0.3 is 10.6 Å². The molecule has 1 aliphatic rings.